The lowest BCUT2D eigenvalue weighted by Crippen LogP contribution is -2.47. The Balaban J connectivity index is 1.62. The van der Waals surface area contributed by atoms with Crippen LogP contribution in [-0.4, -0.2) is 30.5 Å². The first kappa shape index (κ1) is 25.6. The van der Waals surface area contributed by atoms with Crippen LogP contribution >= 0.6 is 20.0 Å². The van der Waals surface area contributed by atoms with Crippen LogP contribution in [-0.2, 0) is 28.1 Å². The second kappa shape index (κ2) is 11.4. The molecule has 1 aromatic heterocycles. The molecule has 0 fully saturated rings. The molecular weight excluding hydrogens is 474 g/mol. The van der Waals surface area contributed by atoms with Crippen LogP contribution in [0.4, 0.5) is 13.2 Å². The summed E-state index contributed by atoms with van der Waals surface area (Å²) in [6, 6.07) is 12.0. The van der Waals surface area contributed by atoms with Crippen molar-refractivity contribution in [3.8, 4) is 5.75 Å². The largest absolute Gasteiger partial charge is 0.493 e. The summed E-state index contributed by atoms with van der Waals surface area (Å²) in [6.07, 6.45) is -2.93. The predicted octanol–water partition coefficient (Wildman–Crippen LogP) is 5.78. The second-order valence-corrected chi connectivity index (χ2v) is 9.22. The fourth-order valence-corrected chi connectivity index (χ4v) is 4.80. The summed E-state index contributed by atoms with van der Waals surface area (Å²) in [7, 11) is -0.574. The summed E-state index contributed by atoms with van der Waals surface area (Å²) >= 11 is 1.65. The average molecular weight is 499 g/mol. The third-order valence-electron chi connectivity index (χ3n) is 5.39. The lowest BCUT2D eigenvalue weighted by atomic mass is 9.93. The van der Waals surface area contributed by atoms with Gasteiger partial charge < -0.3 is 15.6 Å². The van der Waals surface area contributed by atoms with E-state index in [0.717, 1.165) is 6.07 Å². The lowest BCUT2D eigenvalue weighted by Gasteiger charge is -2.25. The number of rotatable bonds is 12. The first-order valence-corrected chi connectivity index (χ1v) is 12.0. The Morgan fingerprint density at radius 3 is 2.64 bits per heavy atom. The summed E-state index contributed by atoms with van der Waals surface area (Å²) in [5.41, 5.74) is 5.51. The van der Waals surface area contributed by atoms with E-state index in [2.05, 4.69) is 5.38 Å². The van der Waals surface area contributed by atoms with E-state index in [-0.39, 0.29) is 31.8 Å². The maximum Gasteiger partial charge on any atom is 0.419 e. The lowest BCUT2D eigenvalue weighted by molar-refractivity contribution is -0.139. The summed E-state index contributed by atoms with van der Waals surface area (Å²) in [5.74, 6) is -0.212. The van der Waals surface area contributed by atoms with Gasteiger partial charge in [0, 0.05) is 4.70 Å². The van der Waals surface area contributed by atoms with Crippen LogP contribution in [0.15, 0.2) is 47.8 Å². The van der Waals surface area contributed by atoms with Crippen LogP contribution in [0.5, 0.6) is 5.75 Å². The molecule has 0 aliphatic carbocycles. The monoisotopic (exact) mass is 499 g/mol. The van der Waals surface area contributed by atoms with Gasteiger partial charge in [-0.05, 0) is 65.8 Å². The van der Waals surface area contributed by atoms with Gasteiger partial charge in [0.2, 0.25) is 0 Å². The van der Waals surface area contributed by atoms with Gasteiger partial charge in [0.1, 0.15) is 5.75 Å². The van der Waals surface area contributed by atoms with E-state index in [1.807, 2.05) is 24.3 Å². The molecule has 0 spiro atoms. The van der Waals surface area contributed by atoms with Crippen molar-refractivity contribution >= 4 is 30.1 Å². The summed E-state index contributed by atoms with van der Waals surface area (Å²) < 4.78 is 62.8. The standard InChI is InChI=1S/C23H25F3NO4PS/c24-23(25,26)19-12-16(9-10-22(27,14-28)15-31-32-29)7-8-20(19)30-11-3-4-17-13-33-21-6-2-1-5-18(17)21/h1-2,5-8,12-13,28H,3-4,9-11,14-15,27H2. The fourth-order valence-electron chi connectivity index (χ4n) is 3.50. The van der Waals surface area contributed by atoms with Crippen molar-refractivity contribution in [2.45, 2.75) is 37.4 Å². The summed E-state index contributed by atoms with van der Waals surface area (Å²) in [5, 5.41) is 12.7. The van der Waals surface area contributed by atoms with E-state index < -0.39 is 32.6 Å². The molecule has 5 nitrogen and oxygen atoms in total. The van der Waals surface area contributed by atoms with Crippen LogP contribution < -0.4 is 10.5 Å². The van der Waals surface area contributed by atoms with Crippen molar-refractivity contribution in [3.05, 3.63) is 64.5 Å². The minimum absolute atomic E-state index is 0.158. The SMILES string of the molecule is NC(CO)(CCc1ccc(OCCCc2csc3ccccc23)c(C(F)(F)F)c1)COP=O. The number of aliphatic hydroxyl groups excluding tert-OH is 1. The Labute approximate surface area is 195 Å². The van der Waals surface area contributed by atoms with Gasteiger partial charge in [-0.1, -0.05) is 24.3 Å². The van der Waals surface area contributed by atoms with Crippen LogP contribution in [0.3, 0.4) is 0 Å². The molecule has 178 valence electrons. The molecule has 0 aliphatic heterocycles. The van der Waals surface area contributed by atoms with Crippen molar-refractivity contribution in [2.75, 3.05) is 19.8 Å². The van der Waals surface area contributed by atoms with Gasteiger partial charge >= 0.3 is 14.9 Å². The molecule has 3 aromatic rings. The van der Waals surface area contributed by atoms with Crippen LogP contribution in [0.2, 0.25) is 0 Å². The Bertz CT molecular complexity index is 1080. The molecule has 2 aromatic carbocycles. The molecule has 1 heterocycles. The number of halogens is 3. The maximum atomic E-state index is 13.6. The van der Waals surface area contributed by atoms with Crippen molar-refractivity contribution < 1.29 is 32.1 Å². The van der Waals surface area contributed by atoms with E-state index >= 15 is 0 Å². The fraction of sp³-hybridized carbons (Fsp3) is 0.391. The molecule has 0 aliphatic rings. The molecule has 3 rings (SSSR count). The highest BCUT2D eigenvalue weighted by molar-refractivity contribution is 7.17. The number of benzene rings is 2. The van der Waals surface area contributed by atoms with Crippen LogP contribution in [0.25, 0.3) is 10.1 Å². The zero-order chi connectivity index (χ0) is 23.9. The number of thiophene rings is 1. The molecule has 0 bridgehead atoms. The Hall–Kier alpha value is -2.03. The Kier molecular flexibility index (Phi) is 8.84. The number of hydrogen-bond donors (Lipinski definition) is 2. The average Bonchev–Trinajstić information content (AvgIpc) is 3.22. The van der Waals surface area contributed by atoms with Crippen LogP contribution in [0.1, 0.15) is 29.5 Å². The first-order valence-electron chi connectivity index (χ1n) is 10.4. The normalized spacial score (nSPS) is 14.0. The van der Waals surface area contributed by atoms with Crippen molar-refractivity contribution in [2.24, 2.45) is 5.73 Å². The number of aliphatic hydroxyl groups is 1. The molecule has 10 heteroatoms. The number of nitrogens with two attached hydrogens (primary N) is 1. The van der Waals surface area contributed by atoms with E-state index in [1.165, 1.54) is 21.7 Å². The predicted molar refractivity (Wildman–Crippen MR) is 123 cm³/mol. The topological polar surface area (TPSA) is 81.8 Å². The third kappa shape index (κ3) is 6.98. The minimum Gasteiger partial charge on any atom is -0.493 e. The molecule has 0 radical (unpaired) electrons. The van der Waals surface area contributed by atoms with E-state index in [1.54, 1.807) is 17.4 Å². The zero-order valence-corrected chi connectivity index (χ0v) is 19.5. The molecule has 0 amide bonds. The van der Waals surface area contributed by atoms with Gasteiger partial charge in [0.05, 0.1) is 30.9 Å². The summed E-state index contributed by atoms with van der Waals surface area (Å²) in [6.45, 7) is -0.467. The first-order chi connectivity index (χ1) is 15.8. The van der Waals surface area contributed by atoms with E-state index in [0.29, 0.717) is 18.4 Å². The number of fused-ring (bicyclic) bond motifs is 1. The van der Waals surface area contributed by atoms with Crippen molar-refractivity contribution in [1.29, 1.82) is 0 Å². The Morgan fingerprint density at radius 2 is 1.91 bits per heavy atom. The highest BCUT2D eigenvalue weighted by Gasteiger charge is 2.35. The number of alkyl halides is 3. The Morgan fingerprint density at radius 1 is 1.12 bits per heavy atom. The zero-order valence-electron chi connectivity index (χ0n) is 17.8. The van der Waals surface area contributed by atoms with E-state index in [4.69, 9.17) is 15.0 Å². The molecule has 0 saturated carbocycles. The van der Waals surface area contributed by atoms with Gasteiger partial charge in [0.25, 0.3) is 0 Å². The minimum atomic E-state index is -4.57. The molecule has 0 saturated heterocycles. The van der Waals surface area contributed by atoms with E-state index in [9.17, 15) is 22.8 Å². The van der Waals surface area contributed by atoms with Gasteiger partial charge in [-0.2, -0.15) is 13.2 Å². The molecular formula is C23H25F3NO4PS. The van der Waals surface area contributed by atoms with Gasteiger partial charge in [-0.25, -0.2) is 4.57 Å². The van der Waals surface area contributed by atoms with Gasteiger partial charge in [-0.15, -0.1) is 11.3 Å². The van der Waals surface area contributed by atoms with Gasteiger partial charge in [-0.3, -0.25) is 4.52 Å². The number of ether oxygens (including phenoxy) is 1. The third-order valence-corrected chi connectivity index (χ3v) is 6.64. The smallest absolute Gasteiger partial charge is 0.419 e. The van der Waals surface area contributed by atoms with Crippen molar-refractivity contribution in [3.63, 3.8) is 0 Å². The summed E-state index contributed by atoms with van der Waals surface area (Å²) in [4.78, 5) is 0. The number of hydrogen-bond acceptors (Lipinski definition) is 6. The highest BCUT2D eigenvalue weighted by Crippen LogP contribution is 2.37. The molecule has 33 heavy (non-hydrogen) atoms. The molecule has 1 unspecified atom stereocenters. The number of aryl methyl sites for hydroxylation is 2. The van der Waals surface area contributed by atoms with Crippen LogP contribution in [0, 0.1) is 0 Å². The van der Waals surface area contributed by atoms with Gasteiger partial charge in [0.15, 0.2) is 0 Å². The highest BCUT2D eigenvalue weighted by atomic mass is 32.1. The molecule has 1 atom stereocenters. The quantitative estimate of drug-likeness (QED) is 0.244. The molecule has 3 N–H and O–H groups in total. The van der Waals surface area contributed by atoms with Crippen molar-refractivity contribution in [1.82, 2.24) is 0 Å². The maximum absolute atomic E-state index is 13.6. The second-order valence-electron chi connectivity index (χ2n) is 7.91.